The molecule has 6 nitrogen and oxygen atoms in total. The van der Waals surface area contributed by atoms with Crippen LogP contribution in [0.1, 0.15) is 42.4 Å². The third-order valence-corrected chi connectivity index (χ3v) is 5.93. The van der Waals surface area contributed by atoms with Gasteiger partial charge in [0.1, 0.15) is 5.75 Å². The number of methoxy groups -OCH3 is 1. The van der Waals surface area contributed by atoms with Gasteiger partial charge in [-0.15, -0.1) is 4.89 Å². The molecule has 0 heterocycles. The maximum Gasteiger partial charge on any atom is 0.725 e. The Bertz CT molecular complexity index is 1030. The van der Waals surface area contributed by atoms with E-state index in [0.717, 1.165) is 18.6 Å². The van der Waals surface area contributed by atoms with Gasteiger partial charge in [-0.05, 0) is 65.3 Å². The molecule has 1 unspecified atom stereocenters. The lowest BCUT2D eigenvalue weighted by Crippen LogP contribution is -2.19. The van der Waals surface area contributed by atoms with Crippen LogP contribution < -0.4 is 10.1 Å². The second-order valence-corrected chi connectivity index (χ2v) is 8.63. The van der Waals surface area contributed by atoms with Crippen LogP contribution in [0.25, 0.3) is 10.8 Å². The Labute approximate surface area is 196 Å². The number of nitrogens with one attached hydrogen (secondary N) is 1. The molecule has 0 aliphatic rings. The van der Waals surface area contributed by atoms with E-state index in [1.165, 1.54) is 53.1 Å². The molecule has 0 aliphatic heterocycles. The molecule has 3 aromatic rings. The molecule has 1 atom stereocenters. The van der Waals surface area contributed by atoms with E-state index in [1.807, 2.05) is 6.07 Å². The topological polar surface area (TPSA) is 77.0 Å². The highest BCUT2D eigenvalue weighted by atomic mass is 31.1. The van der Waals surface area contributed by atoms with Crippen molar-refractivity contribution in [2.75, 3.05) is 20.3 Å². The van der Waals surface area contributed by atoms with Gasteiger partial charge in [0.2, 0.25) is 0 Å². The zero-order valence-corrected chi connectivity index (χ0v) is 20.1. The van der Waals surface area contributed by atoms with Crippen LogP contribution >= 0.6 is 8.25 Å². The van der Waals surface area contributed by atoms with E-state index < -0.39 is 8.25 Å². The number of hydrogen-bond acceptors (Lipinski definition) is 5. The summed E-state index contributed by atoms with van der Waals surface area (Å²) in [6.07, 6.45) is 7.01. The molecule has 3 aromatic carbocycles. The number of ether oxygens (including phenoxy) is 1. The lowest BCUT2D eigenvalue weighted by Gasteiger charge is -2.12. The van der Waals surface area contributed by atoms with Gasteiger partial charge in [-0.2, -0.15) is 4.89 Å². The fraction of sp³-hybridized carbons (Fsp3) is 0.385. The fourth-order valence-electron chi connectivity index (χ4n) is 4.04. The number of benzene rings is 3. The van der Waals surface area contributed by atoms with E-state index in [4.69, 9.17) is 9.63 Å². The molecule has 0 bridgehead atoms. The Morgan fingerprint density at radius 2 is 1.61 bits per heavy atom. The second-order valence-electron chi connectivity index (χ2n) is 8.01. The Morgan fingerprint density at radius 3 is 2.36 bits per heavy atom. The van der Waals surface area contributed by atoms with Crippen molar-refractivity contribution < 1.29 is 23.8 Å². The number of rotatable bonds is 15. The summed E-state index contributed by atoms with van der Waals surface area (Å²) in [5.41, 5.74) is 3.96. The van der Waals surface area contributed by atoms with Gasteiger partial charge in [0.15, 0.2) is 0 Å². The molecule has 176 valence electrons. The monoisotopic (exact) mass is 470 g/mol. The van der Waals surface area contributed by atoms with E-state index >= 15 is 0 Å². The average Bonchev–Trinajstić information content (AvgIpc) is 2.84. The largest absolute Gasteiger partial charge is 0.725 e. The van der Waals surface area contributed by atoms with Crippen molar-refractivity contribution in [3.05, 3.63) is 77.4 Å². The minimum absolute atomic E-state index is 0.204. The predicted molar refractivity (Wildman–Crippen MR) is 131 cm³/mol. The van der Waals surface area contributed by atoms with Crippen molar-refractivity contribution in [1.29, 1.82) is 0 Å². The second kappa shape index (κ2) is 14.0. The first-order valence-electron chi connectivity index (χ1n) is 11.5. The predicted octanol–water partition coefficient (Wildman–Crippen LogP) is 5.88. The third kappa shape index (κ3) is 8.50. The Hall–Kier alpha value is -2.34. The molecule has 0 radical (unpaired) electrons. The van der Waals surface area contributed by atoms with Gasteiger partial charge >= 0.3 is 8.25 Å². The van der Waals surface area contributed by atoms with E-state index in [2.05, 4.69) is 69.5 Å². The van der Waals surface area contributed by atoms with Crippen molar-refractivity contribution in [3.8, 4) is 5.75 Å². The number of fused-ring (bicyclic) bond motifs is 1. The molecule has 0 amide bonds. The summed E-state index contributed by atoms with van der Waals surface area (Å²) < 4.78 is 19.9. The van der Waals surface area contributed by atoms with Crippen LogP contribution in [-0.4, -0.2) is 25.2 Å². The van der Waals surface area contributed by atoms with Crippen LogP contribution in [0.15, 0.2) is 60.7 Å². The molecule has 0 saturated carbocycles. The number of aryl methyl sites for hydroxylation is 2. The minimum atomic E-state index is -2.72. The zero-order chi connectivity index (χ0) is 23.3. The molecular weight excluding hydrogens is 437 g/mol. The van der Waals surface area contributed by atoms with E-state index in [1.54, 1.807) is 7.11 Å². The van der Waals surface area contributed by atoms with Crippen LogP contribution in [0.3, 0.4) is 0 Å². The van der Waals surface area contributed by atoms with Gasteiger partial charge < -0.3 is 10.1 Å². The van der Waals surface area contributed by atoms with Gasteiger partial charge in [0, 0.05) is 17.7 Å². The summed E-state index contributed by atoms with van der Waals surface area (Å²) in [6.45, 7) is 1.42. The Kier molecular flexibility index (Phi) is 10.8. The Morgan fingerprint density at radius 1 is 0.879 bits per heavy atom. The molecule has 0 spiro atoms. The van der Waals surface area contributed by atoms with Gasteiger partial charge in [0.25, 0.3) is 0 Å². The van der Waals surface area contributed by atoms with Crippen LogP contribution in [0.5, 0.6) is 5.75 Å². The van der Waals surface area contributed by atoms with Gasteiger partial charge in [-0.3, -0.25) is 0 Å². The first kappa shape index (κ1) is 25.3. The standard InChI is InChI=1S/C26H32NO5P/c1-30-24-12-8-10-21(19-24)9-4-2-3-5-11-22-15-16-23(26-14-7-6-13-25(22)26)20-27-17-18-31-32-33(28)29/h6-8,10,12-16,19,27H,2-5,9,11,17-18,20H2,1H3/p+1. The highest BCUT2D eigenvalue weighted by Gasteiger charge is 2.12. The molecule has 2 N–H and O–H groups in total. The van der Waals surface area contributed by atoms with E-state index in [0.29, 0.717) is 13.1 Å². The number of hydrogen-bond donors (Lipinski definition) is 2. The third-order valence-electron chi connectivity index (χ3n) is 5.69. The maximum absolute atomic E-state index is 10.4. The smallest absolute Gasteiger partial charge is 0.497 e. The fourth-order valence-corrected chi connectivity index (χ4v) is 4.21. The first-order chi connectivity index (χ1) is 16.2. The van der Waals surface area contributed by atoms with Crippen molar-refractivity contribution in [2.24, 2.45) is 0 Å². The molecule has 7 heteroatoms. The molecule has 0 aromatic heterocycles. The van der Waals surface area contributed by atoms with Crippen molar-refractivity contribution in [3.63, 3.8) is 0 Å². The molecule has 0 saturated heterocycles. The molecular formula is C26H33NO5P+. The summed E-state index contributed by atoms with van der Waals surface area (Å²) in [6, 6.07) is 21.3. The summed E-state index contributed by atoms with van der Waals surface area (Å²) in [4.78, 5) is 13.2. The van der Waals surface area contributed by atoms with Crippen LogP contribution in [-0.2, 0) is 33.5 Å². The molecule has 33 heavy (non-hydrogen) atoms. The summed E-state index contributed by atoms with van der Waals surface area (Å²) in [5, 5.41) is 5.86. The highest BCUT2D eigenvalue weighted by Crippen LogP contribution is 2.25. The highest BCUT2D eigenvalue weighted by molar-refractivity contribution is 7.31. The summed E-state index contributed by atoms with van der Waals surface area (Å²) in [7, 11) is -1.01. The summed E-state index contributed by atoms with van der Waals surface area (Å²) >= 11 is 0. The van der Waals surface area contributed by atoms with Crippen LogP contribution in [0, 0.1) is 0 Å². The molecule has 3 rings (SSSR count). The van der Waals surface area contributed by atoms with Crippen molar-refractivity contribution >= 4 is 19.0 Å². The quantitative estimate of drug-likeness (QED) is 0.125. The van der Waals surface area contributed by atoms with Crippen LogP contribution in [0.4, 0.5) is 0 Å². The lowest BCUT2D eigenvalue weighted by molar-refractivity contribution is -0.205. The van der Waals surface area contributed by atoms with E-state index in [9.17, 15) is 4.57 Å². The lowest BCUT2D eigenvalue weighted by atomic mass is 9.95. The first-order valence-corrected chi connectivity index (χ1v) is 12.6. The van der Waals surface area contributed by atoms with Crippen LogP contribution in [0.2, 0.25) is 0 Å². The SMILES string of the molecule is COc1cccc(CCCCCCc2ccc(CNCCOO[P+](=O)O)c3ccccc23)c1. The molecule has 0 fully saturated rings. The Balaban J connectivity index is 1.44. The average molecular weight is 471 g/mol. The van der Waals surface area contributed by atoms with Crippen molar-refractivity contribution in [2.45, 2.75) is 45.1 Å². The maximum atomic E-state index is 10.4. The minimum Gasteiger partial charge on any atom is -0.497 e. The van der Waals surface area contributed by atoms with Gasteiger partial charge in [-0.1, -0.05) is 61.4 Å². The van der Waals surface area contributed by atoms with Gasteiger partial charge in [0.05, 0.1) is 18.4 Å². The van der Waals surface area contributed by atoms with Gasteiger partial charge in [-0.25, -0.2) is 0 Å². The zero-order valence-electron chi connectivity index (χ0n) is 19.2. The van der Waals surface area contributed by atoms with Crippen molar-refractivity contribution in [1.82, 2.24) is 5.32 Å². The summed E-state index contributed by atoms with van der Waals surface area (Å²) in [5.74, 6) is 0.931. The number of unbranched alkanes of at least 4 members (excludes halogenated alkanes) is 3. The normalized spacial score (nSPS) is 11.6. The molecule has 0 aliphatic carbocycles. The van der Waals surface area contributed by atoms with E-state index in [-0.39, 0.29) is 6.61 Å².